The molecule has 5 heterocycles. The summed E-state index contributed by atoms with van der Waals surface area (Å²) in [5, 5.41) is 37.1. The average molecular weight is 900 g/mol. The van der Waals surface area contributed by atoms with Crippen LogP contribution in [0.1, 0.15) is 109 Å². The van der Waals surface area contributed by atoms with Crippen LogP contribution in [0.5, 0.6) is 28.7 Å². The van der Waals surface area contributed by atoms with Crippen LogP contribution < -0.4 is 25.3 Å². The lowest BCUT2D eigenvalue weighted by Crippen LogP contribution is -2.49. The van der Waals surface area contributed by atoms with Gasteiger partial charge in [-0.3, -0.25) is 4.79 Å². The highest BCUT2D eigenvalue weighted by Crippen LogP contribution is 2.63. The molecule has 8 atom stereocenters. The molecule has 11 nitrogen and oxygen atoms in total. The number of nitrogens with one attached hydrogen (secondary N) is 1. The van der Waals surface area contributed by atoms with E-state index >= 15 is 0 Å². The van der Waals surface area contributed by atoms with E-state index in [4.69, 9.17) is 29.7 Å². The number of fused-ring (bicyclic) bond motifs is 12. The Bertz CT molecular complexity index is 2640. The molecular formula is C51H53N3O8S2. The third-order valence-electron chi connectivity index (χ3n) is 14.8. The molecule has 3 fully saturated rings. The number of aromatic hydroxyl groups is 2. The Morgan fingerprint density at radius 2 is 1.92 bits per heavy atom. The van der Waals surface area contributed by atoms with Crippen LogP contribution in [0.3, 0.4) is 0 Å². The molecule has 6 bridgehead atoms. The maximum absolute atomic E-state index is 12.7. The zero-order valence-electron chi connectivity index (χ0n) is 35.9. The monoisotopic (exact) mass is 899 g/mol. The molecule has 332 valence electrons. The topological polar surface area (TPSA) is 166 Å². The van der Waals surface area contributed by atoms with Gasteiger partial charge in [0.25, 0.3) is 0 Å². The van der Waals surface area contributed by atoms with Crippen molar-refractivity contribution in [3.05, 3.63) is 93.2 Å². The Hall–Kier alpha value is -5.00. The summed E-state index contributed by atoms with van der Waals surface area (Å²) < 4.78 is 26.3. The van der Waals surface area contributed by atoms with E-state index in [0.29, 0.717) is 41.4 Å². The van der Waals surface area contributed by atoms with Crippen LogP contribution in [0.15, 0.2) is 48.5 Å². The van der Waals surface area contributed by atoms with Crippen LogP contribution in [0.2, 0.25) is 0 Å². The largest absolute Gasteiger partial charge is 0.508 e. The number of esters is 1. The van der Waals surface area contributed by atoms with Crippen molar-refractivity contribution in [2.24, 2.45) is 11.8 Å². The zero-order chi connectivity index (χ0) is 43.7. The van der Waals surface area contributed by atoms with Gasteiger partial charge < -0.3 is 45.3 Å². The average Bonchev–Trinajstić information content (AvgIpc) is 3.78. The predicted molar refractivity (Wildman–Crippen MR) is 249 cm³/mol. The summed E-state index contributed by atoms with van der Waals surface area (Å²) in [6.45, 7) is 0.945. The van der Waals surface area contributed by atoms with Crippen LogP contribution in [-0.4, -0.2) is 69.4 Å². The van der Waals surface area contributed by atoms with Crippen molar-refractivity contribution >= 4 is 39.5 Å². The lowest BCUT2D eigenvalue weighted by atomic mass is 9.65. The third kappa shape index (κ3) is 7.44. The number of rotatable bonds is 4. The molecule has 8 unspecified atom stereocenters. The summed E-state index contributed by atoms with van der Waals surface area (Å²) in [5.74, 6) is 10.9. The lowest BCUT2D eigenvalue weighted by Gasteiger charge is -2.39. The Labute approximate surface area is 381 Å². The highest BCUT2D eigenvalue weighted by molar-refractivity contribution is 8.76. The molecule has 4 aromatic rings. The van der Waals surface area contributed by atoms with Gasteiger partial charge in [0, 0.05) is 70.2 Å². The van der Waals surface area contributed by atoms with E-state index in [0.717, 1.165) is 106 Å². The molecular weight excluding hydrogens is 847 g/mol. The normalized spacial score (nSPS) is 28.3. The van der Waals surface area contributed by atoms with Crippen LogP contribution >= 0.6 is 21.6 Å². The number of carbonyl (C=O) groups is 1. The van der Waals surface area contributed by atoms with Crippen molar-refractivity contribution in [2.75, 3.05) is 30.6 Å². The first-order valence-corrected chi connectivity index (χ1v) is 25.2. The van der Waals surface area contributed by atoms with Crippen molar-refractivity contribution in [2.45, 2.75) is 107 Å². The minimum atomic E-state index is -0.663. The number of nitrogens with zero attached hydrogens (tertiary/aromatic N) is 1. The molecule has 0 radical (unpaired) electrons. The number of aromatic nitrogens is 1. The first-order chi connectivity index (χ1) is 31.1. The van der Waals surface area contributed by atoms with Crippen molar-refractivity contribution in [1.82, 2.24) is 10.3 Å². The molecule has 1 aromatic heterocycles. The number of anilines is 1. The first kappa shape index (κ1) is 41.7. The van der Waals surface area contributed by atoms with E-state index < -0.39 is 24.2 Å². The van der Waals surface area contributed by atoms with Gasteiger partial charge in [-0.15, -0.1) is 0 Å². The first-order valence-electron chi connectivity index (χ1n) is 22.7. The molecule has 64 heavy (non-hydrogen) atoms. The van der Waals surface area contributed by atoms with Gasteiger partial charge >= 0.3 is 5.97 Å². The minimum absolute atomic E-state index is 0.0333. The fraction of sp³-hybridized carbons (Fsp3) is 0.451. The van der Waals surface area contributed by atoms with Crippen molar-refractivity contribution in [3.8, 4) is 51.7 Å². The number of nitrogen functional groups attached to an aromatic ring is 1. The van der Waals surface area contributed by atoms with E-state index in [1.807, 2.05) is 33.7 Å². The molecule has 0 amide bonds. The molecule has 2 saturated carbocycles. The van der Waals surface area contributed by atoms with E-state index in [-0.39, 0.29) is 48.6 Å². The van der Waals surface area contributed by atoms with Crippen LogP contribution in [-0.2, 0) is 34.2 Å². The van der Waals surface area contributed by atoms with Gasteiger partial charge in [-0.05, 0) is 110 Å². The molecule has 11 rings (SSSR count). The van der Waals surface area contributed by atoms with Gasteiger partial charge in [0.15, 0.2) is 18.3 Å². The van der Waals surface area contributed by atoms with E-state index in [2.05, 4.69) is 47.5 Å². The fourth-order valence-electron chi connectivity index (χ4n) is 12.1. The third-order valence-corrected chi connectivity index (χ3v) is 17.3. The second-order valence-corrected chi connectivity index (χ2v) is 21.4. The zero-order valence-corrected chi connectivity index (χ0v) is 37.5. The highest BCUT2D eigenvalue weighted by Gasteiger charge is 2.51. The standard InChI is InChI=1S/C51H53N3O8S2/c1-27(56)59-23-38-35-9-10-36-45-32(18-34(57)20-42(45)60-26-55)22-51-15-14-28(21-51)16-30-8-13-44(52)54-39(30)7-3-5-31-19-41(58)48-37(46(31)49(38)62-50(35)47(36)51)11-12-40-43(61-48)25-64-63-24-29-4-2-6-33(17-29)53-40/h8-13,18-20,28-29,33,38,40,43,49,53,55,57-58H,2,4-6,14-17,21-26H2,1H3,(H2,52,54). The van der Waals surface area contributed by atoms with E-state index in [1.165, 1.54) is 19.8 Å². The number of pyridine rings is 1. The second-order valence-electron chi connectivity index (χ2n) is 18.8. The summed E-state index contributed by atoms with van der Waals surface area (Å²) in [5.41, 5.74) is 14.6. The molecule has 3 aromatic carbocycles. The Morgan fingerprint density at radius 3 is 2.80 bits per heavy atom. The summed E-state index contributed by atoms with van der Waals surface area (Å²) >= 11 is 0. The lowest BCUT2D eigenvalue weighted by molar-refractivity contribution is -0.141. The van der Waals surface area contributed by atoms with Crippen molar-refractivity contribution < 1.29 is 39.1 Å². The van der Waals surface area contributed by atoms with Gasteiger partial charge in [-0.1, -0.05) is 64.3 Å². The predicted octanol–water partition coefficient (Wildman–Crippen LogP) is 8.28. The van der Waals surface area contributed by atoms with Crippen molar-refractivity contribution in [1.29, 1.82) is 0 Å². The number of ether oxygens (including phenoxy) is 4. The van der Waals surface area contributed by atoms with Gasteiger partial charge in [-0.25, -0.2) is 4.98 Å². The van der Waals surface area contributed by atoms with Gasteiger partial charge in [0.2, 0.25) is 0 Å². The molecule has 1 spiro atoms. The molecule has 6 N–H and O–H groups in total. The number of nitrogens with two attached hydrogens (primary N) is 1. The number of aliphatic hydroxyl groups is 1. The second kappa shape index (κ2) is 16.8. The number of benzene rings is 3. The molecule has 7 aliphatic rings. The van der Waals surface area contributed by atoms with Gasteiger partial charge in [0.1, 0.15) is 47.6 Å². The SMILES string of the molecule is CC(=O)OCC1c2ccc3c4c2OC1c1c(cc(O)c2c1C=CC1NC5CCCC(CSSCC1O2)C5)CC#Cc1nc(N)ccc1CC1CCC4(Cc2cc(O)cc(OCO)c2-3)C1. The number of phenolic OH excluding ortho intramolecular Hbond substituents is 2. The van der Waals surface area contributed by atoms with Gasteiger partial charge in [0.05, 0.1) is 12.0 Å². The van der Waals surface area contributed by atoms with Crippen LogP contribution in [0.25, 0.3) is 17.2 Å². The summed E-state index contributed by atoms with van der Waals surface area (Å²) in [6, 6.07) is 13.5. The summed E-state index contributed by atoms with van der Waals surface area (Å²) in [6.07, 6.45) is 12.4. The summed E-state index contributed by atoms with van der Waals surface area (Å²) in [4.78, 5) is 17.4. The van der Waals surface area contributed by atoms with E-state index in [9.17, 15) is 20.1 Å². The highest BCUT2D eigenvalue weighted by atomic mass is 33.1. The molecule has 13 heteroatoms. The molecule has 3 aliphatic carbocycles. The Kier molecular flexibility index (Phi) is 10.9. The van der Waals surface area contributed by atoms with Crippen LogP contribution in [0.4, 0.5) is 5.82 Å². The van der Waals surface area contributed by atoms with Crippen molar-refractivity contribution in [3.63, 3.8) is 0 Å². The number of aliphatic hydroxyl groups excluding tert-OH is 1. The molecule has 1 saturated heterocycles. The smallest absolute Gasteiger partial charge is 0.302 e. The van der Waals surface area contributed by atoms with E-state index in [1.54, 1.807) is 12.1 Å². The quantitative estimate of drug-likeness (QED) is 0.0576. The minimum Gasteiger partial charge on any atom is -0.508 e. The summed E-state index contributed by atoms with van der Waals surface area (Å²) in [7, 11) is 3.76. The number of phenols is 2. The van der Waals surface area contributed by atoms with Crippen LogP contribution in [0, 0.1) is 23.7 Å². The number of hydrogen-bond acceptors (Lipinski definition) is 13. The molecule has 4 aliphatic heterocycles. The number of hydrogen-bond donors (Lipinski definition) is 5. The van der Waals surface area contributed by atoms with Gasteiger partial charge in [-0.2, -0.15) is 0 Å². The Morgan fingerprint density at radius 1 is 1.03 bits per heavy atom. The number of carbonyl (C=O) groups excluding carboxylic acids is 1. The maximum Gasteiger partial charge on any atom is 0.302 e. The fourth-order valence-corrected chi connectivity index (χ4v) is 14.8. The Balaban J connectivity index is 1.13. The maximum atomic E-state index is 12.7.